The molecule has 0 spiro atoms. The summed E-state index contributed by atoms with van der Waals surface area (Å²) in [5, 5.41) is 8.87. The summed E-state index contributed by atoms with van der Waals surface area (Å²) in [7, 11) is -3.42. The standard InChI is InChI=1S/C16H25NO3S/c1-13-2-4-15(5-3-13)12-17-21(19,20)16-8-6-14(7-9-16)10-11-18/h6-9,13,15,17-18H,2-5,10-12H2,1H3. The zero-order valence-electron chi connectivity index (χ0n) is 12.6. The summed E-state index contributed by atoms with van der Waals surface area (Å²) < 4.78 is 27.2. The molecule has 1 aliphatic rings. The van der Waals surface area contributed by atoms with Crippen LogP contribution in [0.5, 0.6) is 0 Å². The molecule has 2 N–H and O–H groups in total. The third kappa shape index (κ3) is 4.80. The minimum atomic E-state index is -3.42. The number of hydrogen-bond donors (Lipinski definition) is 2. The number of aliphatic hydroxyl groups is 1. The molecule has 0 heterocycles. The topological polar surface area (TPSA) is 66.4 Å². The van der Waals surface area contributed by atoms with E-state index in [2.05, 4.69) is 11.6 Å². The fourth-order valence-corrected chi connectivity index (χ4v) is 3.92. The third-order valence-electron chi connectivity index (χ3n) is 4.33. The second-order valence-electron chi connectivity index (χ2n) is 6.10. The molecule has 0 bridgehead atoms. The molecule has 5 heteroatoms. The van der Waals surface area contributed by atoms with Crippen molar-refractivity contribution in [3.05, 3.63) is 29.8 Å². The van der Waals surface area contributed by atoms with E-state index in [1.54, 1.807) is 24.3 Å². The van der Waals surface area contributed by atoms with Crippen molar-refractivity contribution in [1.29, 1.82) is 0 Å². The zero-order chi connectivity index (χ0) is 15.3. The number of nitrogens with one attached hydrogen (secondary N) is 1. The Kier molecular flexibility index (Phi) is 5.79. The van der Waals surface area contributed by atoms with Gasteiger partial charge in [-0.25, -0.2) is 13.1 Å². The Morgan fingerprint density at radius 3 is 2.33 bits per heavy atom. The fourth-order valence-electron chi connectivity index (χ4n) is 2.81. The van der Waals surface area contributed by atoms with Crippen LogP contribution in [0.4, 0.5) is 0 Å². The number of hydrogen-bond acceptors (Lipinski definition) is 3. The number of benzene rings is 1. The minimum absolute atomic E-state index is 0.0739. The van der Waals surface area contributed by atoms with Gasteiger partial charge in [0.2, 0.25) is 10.0 Å². The predicted octanol–water partition coefficient (Wildman–Crippen LogP) is 2.33. The Bertz CT molecular complexity index is 531. The van der Waals surface area contributed by atoms with Crippen molar-refractivity contribution in [2.24, 2.45) is 11.8 Å². The first-order valence-electron chi connectivity index (χ1n) is 7.70. The van der Waals surface area contributed by atoms with E-state index in [0.29, 0.717) is 23.8 Å². The molecule has 1 aromatic rings. The van der Waals surface area contributed by atoms with E-state index in [1.807, 2.05) is 0 Å². The SMILES string of the molecule is CC1CCC(CNS(=O)(=O)c2ccc(CCO)cc2)CC1. The lowest BCUT2D eigenvalue weighted by Crippen LogP contribution is -2.31. The number of aliphatic hydroxyl groups excluding tert-OH is 1. The van der Waals surface area contributed by atoms with Crippen LogP contribution < -0.4 is 4.72 Å². The summed E-state index contributed by atoms with van der Waals surface area (Å²) in [6.07, 6.45) is 5.16. The van der Waals surface area contributed by atoms with Crippen LogP contribution in [0, 0.1) is 11.8 Å². The van der Waals surface area contributed by atoms with Gasteiger partial charge in [0.05, 0.1) is 4.90 Å². The Hall–Kier alpha value is -0.910. The molecule has 0 atom stereocenters. The lowest BCUT2D eigenvalue weighted by atomic mass is 9.83. The van der Waals surface area contributed by atoms with Gasteiger partial charge in [-0.1, -0.05) is 31.9 Å². The fraction of sp³-hybridized carbons (Fsp3) is 0.625. The van der Waals surface area contributed by atoms with Gasteiger partial charge in [-0.2, -0.15) is 0 Å². The molecular formula is C16H25NO3S. The van der Waals surface area contributed by atoms with E-state index in [4.69, 9.17) is 5.11 Å². The highest BCUT2D eigenvalue weighted by molar-refractivity contribution is 7.89. The molecule has 0 aromatic heterocycles. The van der Waals surface area contributed by atoms with Crippen molar-refractivity contribution >= 4 is 10.0 Å². The van der Waals surface area contributed by atoms with Crippen LogP contribution in [-0.2, 0) is 16.4 Å². The minimum Gasteiger partial charge on any atom is -0.396 e. The van der Waals surface area contributed by atoms with Crippen molar-refractivity contribution in [2.45, 2.75) is 43.9 Å². The molecule has 118 valence electrons. The number of sulfonamides is 1. The van der Waals surface area contributed by atoms with Crippen molar-refractivity contribution in [3.8, 4) is 0 Å². The van der Waals surface area contributed by atoms with Crippen LogP contribution in [0.3, 0.4) is 0 Å². The van der Waals surface area contributed by atoms with Gasteiger partial charge in [0.25, 0.3) is 0 Å². The summed E-state index contributed by atoms with van der Waals surface area (Å²) in [5.41, 5.74) is 0.942. The van der Waals surface area contributed by atoms with Crippen molar-refractivity contribution in [1.82, 2.24) is 4.72 Å². The van der Waals surface area contributed by atoms with E-state index < -0.39 is 10.0 Å². The summed E-state index contributed by atoms with van der Waals surface area (Å²) in [5.74, 6) is 1.24. The van der Waals surface area contributed by atoms with Gasteiger partial charge < -0.3 is 5.11 Å². The molecule has 1 fully saturated rings. The molecule has 0 saturated heterocycles. The molecule has 0 unspecified atom stereocenters. The predicted molar refractivity (Wildman–Crippen MR) is 83.5 cm³/mol. The Morgan fingerprint density at radius 2 is 1.76 bits per heavy atom. The Morgan fingerprint density at radius 1 is 1.14 bits per heavy atom. The van der Waals surface area contributed by atoms with Gasteiger partial charge in [-0.15, -0.1) is 0 Å². The maximum absolute atomic E-state index is 12.2. The lowest BCUT2D eigenvalue weighted by Gasteiger charge is -2.26. The maximum atomic E-state index is 12.2. The van der Waals surface area contributed by atoms with E-state index in [0.717, 1.165) is 24.3 Å². The second kappa shape index (κ2) is 7.38. The molecule has 2 rings (SSSR count). The Labute approximate surface area is 127 Å². The first-order chi connectivity index (χ1) is 10.0. The summed E-state index contributed by atoms with van der Waals surface area (Å²) in [6, 6.07) is 6.73. The molecule has 0 amide bonds. The zero-order valence-corrected chi connectivity index (χ0v) is 13.4. The normalized spacial score (nSPS) is 23.1. The average molecular weight is 311 g/mol. The van der Waals surface area contributed by atoms with E-state index in [9.17, 15) is 8.42 Å². The smallest absolute Gasteiger partial charge is 0.240 e. The summed E-state index contributed by atoms with van der Waals surface area (Å²) >= 11 is 0. The van der Waals surface area contributed by atoms with Crippen molar-refractivity contribution in [2.75, 3.05) is 13.2 Å². The molecular weight excluding hydrogens is 286 g/mol. The first-order valence-corrected chi connectivity index (χ1v) is 9.19. The molecule has 21 heavy (non-hydrogen) atoms. The van der Waals surface area contributed by atoms with Gasteiger partial charge in [-0.3, -0.25) is 0 Å². The van der Waals surface area contributed by atoms with Gasteiger partial charge in [0.15, 0.2) is 0 Å². The highest BCUT2D eigenvalue weighted by Crippen LogP contribution is 2.28. The van der Waals surface area contributed by atoms with Crippen molar-refractivity contribution < 1.29 is 13.5 Å². The van der Waals surface area contributed by atoms with E-state index in [-0.39, 0.29) is 6.61 Å². The van der Waals surface area contributed by atoms with Gasteiger partial charge >= 0.3 is 0 Å². The molecule has 1 aliphatic carbocycles. The lowest BCUT2D eigenvalue weighted by molar-refractivity contribution is 0.290. The maximum Gasteiger partial charge on any atom is 0.240 e. The molecule has 0 aliphatic heterocycles. The van der Waals surface area contributed by atoms with Crippen LogP contribution in [0.2, 0.25) is 0 Å². The monoisotopic (exact) mass is 311 g/mol. The molecule has 1 saturated carbocycles. The third-order valence-corrected chi connectivity index (χ3v) is 5.77. The second-order valence-corrected chi connectivity index (χ2v) is 7.86. The highest BCUT2D eigenvalue weighted by Gasteiger charge is 2.21. The van der Waals surface area contributed by atoms with Crippen LogP contribution in [-0.4, -0.2) is 26.7 Å². The van der Waals surface area contributed by atoms with Crippen LogP contribution in [0.1, 0.15) is 38.2 Å². The first kappa shape index (κ1) is 16.5. The van der Waals surface area contributed by atoms with Gasteiger partial charge in [0.1, 0.15) is 0 Å². The number of rotatable bonds is 6. The molecule has 4 nitrogen and oxygen atoms in total. The van der Waals surface area contributed by atoms with Gasteiger partial charge in [0, 0.05) is 13.2 Å². The van der Waals surface area contributed by atoms with Gasteiger partial charge in [-0.05, 0) is 48.8 Å². The van der Waals surface area contributed by atoms with E-state index in [1.165, 1.54) is 12.8 Å². The Balaban J connectivity index is 1.91. The highest BCUT2D eigenvalue weighted by atomic mass is 32.2. The summed E-state index contributed by atoms with van der Waals surface area (Å²) in [4.78, 5) is 0.299. The average Bonchev–Trinajstić information content (AvgIpc) is 2.48. The molecule has 0 radical (unpaired) electrons. The van der Waals surface area contributed by atoms with Crippen molar-refractivity contribution in [3.63, 3.8) is 0 Å². The molecule has 1 aromatic carbocycles. The van der Waals surface area contributed by atoms with Crippen LogP contribution in [0.15, 0.2) is 29.2 Å². The van der Waals surface area contributed by atoms with Crippen LogP contribution in [0.25, 0.3) is 0 Å². The summed E-state index contributed by atoms with van der Waals surface area (Å²) in [6.45, 7) is 2.87. The van der Waals surface area contributed by atoms with E-state index >= 15 is 0 Å². The van der Waals surface area contributed by atoms with Crippen LogP contribution >= 0.6 is 0 Å². The largest absolute Gasteiger partial charge is 0.396 e. The quantitative estimate of drug-likeness (QED) is 0.847.